The van der Waals surface area contributed by atoms with E-state index >= 15 is 0 Å². The van der Waals surface area contributed by atoms with E-state index in [0.717, 1.165) is 153 Å². The van der Waals surface area contributed by atoms with Crippen LogP contribution in [0, 0.1) is 13.8 Å². The number of anilines is 8. The molecule has 10 rings (SSSR count). The molecule has 4 heterocycles. The van der Waals surface area contributed by atoms with Gasteiger partial charge < -0.3 is 41.0 Å². The van der Waals surface area contributed by atoms with Gasteiger partial charge in [-0.1, -0.05) is 128 Å². The van der Waals surface area contributed by atoms with Crippen molar-refractivity contribution < 1.29 is 19.2 Å². The summed E-state index contributed by atoms with van der Waals surface area (Å²) in [5, 5.41) is 19.2. The van der Waals surface area contributed by atoms with Crippen molar-refractivity contribution in [2.24, 2.45) is 14.1 Å². The van der Waals surface area contributed by atoms with Gasteiger partial charge in [0.2, 0.25) is 11.9 Å². The number of nitrogens with one attached hydrogen (secondary N) is 6. The average molecular weight is 1310 g/mol. The Morgan fingerprint density at radius 2 is 0.742 bits per heavy atom. The minimum atomic E-state index is -0.171. The highest BCUT2D eigenvalue weighted by atomic mass is 79.9. The van der Waals surface area contributed by atoms with Gasteiger partial charge in [-0.3, -0.25) is 19.2 Å². The van der Waals surface area contributed by atoms with E-state index in [-0.39, 0.29) is 23.6 Å². The number of nitrogens with zero attached hydrogens (tertiary/aromatic N) is 6. The highest BCUT2D eigenvalue weighted by Crippen LogP contribution is 2.33. The predicted octanol–water partition coefficient (Wildman–Crippen LogP) is 17.3. The highest BCUT2D eigenvalue weighted by Gasteiger charge is 2.22. The maximum Gasteiger partial charge on any atom is 0.257 e. The molecule has 0 saturated heterocycles. The number of para-hydroxylation sites is 4. The minimum absolute atomic E-state index is 0.142. The summed E-state index contributed by atoms with van der Waals surface area (Å²) in [6, 6.07) is 41.2. The average Bonchev–Trinajstić information content (AvgIpc) is 1.83. The van der Waals surface area contributed by atoms with Gasteiger partial charge in [0, 0.05) is 84.1 Å². The van der Waals surface area contributed by atoms with Crippen LogP contribution in [0.3, 0.4) is 0 Å². The number of rotatable bonds is 22. The zero-order chi connectivity index (χ0) is 66.5. The Bertz CT molecular complexity index is 4300. The molecule has 17 heteroatoms. The van der Waals surface area contributed by atoms with Crippen molar-refractivity contribution in [3.8, 4) is 22.8 Å². The van der Waals surface area contributed by atoms with Crippen molar-refractivity contribution in [1.82, 2.24) is 29.1 Å². The number of benzene rings is 6. The van der Waals surface area contributed by atoms with Gasteiger partial charge in [0.05, 0.1) is 32.7 Å². The molecule has 0 atom stereocenters. The van der Waals surface area contributed by atoms with Crippen LogP contribution in [-0.4, -0.2) is 52.7 Å². The first kappa shape index (κ1) is 67.4. The Balaban J connectivity index is 0.000000219. The lowest BCUT2D eigenvalue weighted by Gasteiger charge is -2.15. The van der Waals surface area contributed by atoms with Gasteiger partial charge in [0.15, 0.2) is 0 Å². The zero-order valence-electron chi connectivity index (χ0n) is 55.3. The molecule has 0 spiro atoms. The molecule has 4 amide bonds. The van der Waals surface area contributed by atoms with Crippen molar-refractivity contribution >= 4 is 85.6 Å². The molecule has 0 aliphatic heterocycles. The quantitative estimate of drug-likeness (QED) is 0.0379. The van der Waals surface area contributed by atoms with Crippen LogP contribution in [0.25, 0.3) is 22.8 Å². The largest absolute Gasteiger partial charge is 0.348 e. The molecule has 6 aromatic carbocycles. The smallest absolute Gasteiger partial charge is 0.257 e. The zero-order valence-corrected chi connectivity index (χ0v) is 56.9. The predicted molar refractivity (Wildman–Crippen MR) is 382 cm³/mol. The van der Waals surface area contributed by atoms with Crippen LogP contribution in [0.4, 0.5) is 46.0 Å². The molecule has 10 aromatic rings. The first-order valence-electron chi connectivity index (χ1n) is 32.1. The van der Waals surface area contributed by atoms with Crippen LogP contribution in [0.2, 0.25) is 0 Å². The second-order valence-corrected chi connectivity index (χ2v) is 23.7. The SMILES string of the molecule is CCc1cccc(CC)c1NC(=O)c1ccc(Nc2ncc(Br)c(-c3cc(C(=O)Nc4c(CC)cccc4CC)cn3C)n2)c(C)c1.CCc1cccc(CC)c1NC(=O)c1ccc(Nc2nccc(-c3cc(C(=O)Nc4c(CC)cccc4CC)cn3C)n2)c(C)c1. The highest BCUT2D eigenvalue weighted by molar-refractivity contribution is 9.10. The Morgan fingerprint density at radius 3 is 1.10 bits per heavy atom. The molecule has 478 valence electrons. The molecule has 0 unspecified atom stereocenters. The molecular formula is C76H83BrN12O4. The van der Waals surface area contributed by atoms with Gasteiger partial charge in [0.1, 0.15) is 5.69 Å². The Hall–Kier alpha value is -10.0. The molecule has 6 N–H and O–H groups in total. The standard InChI is InChI=1S/C38H41BrN6O2.C38H42N6O2/c1-7-24-13-11-14-25(8-2)33(24)42-36(46)28-17-18-31(23(5)19-28)41-38-40-21-30(39)35(44-38)32-20-29(22-45(32)6)37(47)43-34-26(9-3)15-12-16-27(34)10-4;1-7-25-13-11-14-26(8-2)34(25)42-36(45)29-17-18-31(24(5)21-29)40-38-39-20-19-32(41-38)33-22-30(23-44(33)6)37(46)43-35-27(9-3)15-12-16-28(35)10-4/h11-22H,7-10H2,1-6H3,(H,42,46)(H,43,47)(H,40,41,44);11-23H,7-10H2,1-6H3,(H,42,45)(H,43,46)(H,39,40,41). The molecule has 0 saturated carbocycles. The number of hydrogen-bond donors (Lipinski definition) is 6. The molecule has 16 nitrogen and oxygen atoms in total. The topological polar surface area (TPSA) is 202 Å². The van der Waals surface area contributed by atoms with E-state index in [9.17, 15) is 19.2 Å². The Kier molecular flexibility index (Phi) is 22.4. The summed E-state index contributed by atoms with van der Waals surface area (Å²) in [6.07, 6.45) is 13.7. The molecule has 0 fully saturated rings. The van der Waals surface area contributed by atoms with Crippen molar-refractivity contribution in [2.45, 2.75) is 121 Å². The molecule has 0 bridgehead atoms. The summed E-state index contributed by atoms with van der Waals surface area (Å²) in [4.78, 5) is 71.7. The number of hydrogen-bond acceptors (Lipinski definition) is 10. The van der Waals surface area contributed by atoms with E-state index in [0.29, 0.717) is 50.0 Å². The number of aromatic nitrogens is 6. The fourth-order valence-electron chi connectivity index (χ4n) is 11.5. The van der Waals surface area contributed by atoms with Gasteiger partial charge in [0.25, 0.3) is 23.6 Å². The van der Waals surface area contributed by atoms with Gasteiger partial charge >= 0.3 is 0 Å². The van der Waals surface area contributed by atoms with E-state index in [1.54, 1.807) is 24.5 Å². The Morgan fingerprint density at radius 1 is 0.409 bits per heavy atom. The summed E-state index contributed by atoms with van der Waals surface area (Å²) in [5.41, 5.74) is 21.0. The monoisotopic (exact) mass is 1310 g/mol. The van der Waals surface area contributed by atoms with Crippen molar-refractivity contribution in [1.29, 1.82) is 0 Å². The maximum absolute atomic E-state index is 13.4. The van der Waals surface area contributed by atoms with E-state index in [1.165, 1.54) is 0 Å². The fourth-order valence-corrected chi connectivity index (χ4v) is 11.9. The molecule has 0 aliphatic rings. The van der Waals surface area contributed by atoms with Crippen LogP contribution in [0.5, 0.6) is 0 Å². The number of carbonyl (C=O) groups is 4. The number of carbonyl (C=O) groups excluding carboxylic acids is 4. The number of amides is 4. The van der Waals surface area contributed by atoms with Crippen LogP contribution in [-0.2, 0) is 65.5 Å². The van der Waals surface area contributed by atoms with Gasteiger partial charge in [-0.2, -0.15) is 0 Å². The summed E-state index contributed by atoms with van der Waals surface area (Å²) < 4.78 is 4.48. The lowest BCUT2D eigenvalue weighted by molar-refractivity contribution is 0.101. The number of aryl methyl sites for hydroxylation is 12. The van der Waals surface area contributed by atoms with E-state index in [2.05, 4.69) is 162 Å². The van der Waals surface area contributed by atoms with Crippen LogP contribution < -0.4 is 31.9 Å². The Labute approximate surface area is 554 Å². The third-order valence-electron chi connectivity index (χ3n) is 16.9. The van der Waals surface area contributed by atoms with Gasteiger partial charge in [-0.25, -0.2) is 19.9 Å². The van der Waals surface area contributed by atoms with Crippen molar-refractivity contribution in [2.75, 3.05) is 31.9 Å². The third kappa shape index (κ3) is 15.7. The van der Waals surface area contributed by atoms with E-state index < -0.39 is 0 Å². The second kappa shape index (κ2) is 30.9. The van der Waals surface area contributed by atoms with Crippen LogP contribution in [0.15, 0.2) is 157 Å². The van der Waals surface area contributed by atoms with E-state index in [1.807, 2.05) is 116 Å². The first-order valence-corrected chi connectivity index (χ1v) is 32.8. The van der Waals surface area contributed by atoms with Gasteiger partial charge in [-0.05, 0) is 191 Å². The molecule has 0 aliphatic carbocycles. The molecule has 0 radical (unpaired) electrons. The van der Waals surface area contributed by atoms with Gasteiger partial charge in [-0.15, -0.1) is 0 Å². The maximum atomic E-state index is 13.4. The lowest BCUT2D eigenvalue weighted by atomic mass is 10.0. The summed E-state index contributed by atoms with van der Waals surface area (Å²) >= 11 is 3.60. The minimum Gasteiger partial charge on any atom is -0.348 e. The summed E-state index contributed by atoms with van der Waals surface area (Å²) in [5.74, 6) is 0.188. The van der Waals surface area contributed by atoms with Crippen LogP contribution >= 0.6 is 15.9 Å². The summed E-state index contributed by atoms with van der Waals surface area (Å²) in [6.45, 7) is 20.6. The molecular weight excluding hydrogens is 1220 g/mol. The van der Waals surface area contributed by atoms with E-state index in [4.69, 9.17) is 9.97 Å². The number of halogens is 1. The first-order chi connectivity index (χ1) is 44.9. The lowest BCUT2D eigenvalue weighted by Crippen LogP contribution is -2.15. The molecule has 93 heavy (non-hydrogen) atoms. The van der Waals surface area contributed by atoms with Crippen molar-refractivity contribution in [3.05, 3.63) is 235 Å². The normalized spacial score (nSPS) is 10.9. The fraction of sp³-hybridized carbons (Fsp3) is 0.263. The second-order valence-electron chi connectivity index (χ2n) is 22.9. The summed E-state index contributed by atoms with van der Waals surface area (Å²) in [7, 11) is 3.79. The van der Waals surface area contributed by atoms with Crippen LogP contribution in [0.1, 0.15) is 152 Å². The molecule has 4 aromatic heterocycles. The van der Waals surface area contributed by atoms with Crippen molar-refractivity contribution in [3.63, 3.8) is 0 Å². The third-order valence-corrected chi connectivity index (χ3v) is 17.4.